The van der Waals surface area contributed by atoms with Crippen molar-refractivity contribution in [2.45, 2.75) is 12.5 Å². The average Bonchev–Trinajstić information content (AvgIpc) is 3.74. The number of carbonyl (C=O) groups is 2. The Hall–Kier alpha value is -4.44. The van der Waals surface area contributed by atoms with Crippen molar-refractivity contribution in [3.8, 4) is 39.6 Å². The molecule has 5 heterocycles. The summed E-state index contributed by atoms with van der Waals surface area (Å²) in [5, 5.41) is 15.5. The third-order valence-electron chi connectivity index (χ3n) is 6.83. The van der Waals surface area contributed by atoms with E-state index in [9.17, 15) is 9.59 Å². The number of fused-ring (bicyclic) bond motifs is 3. The first-order chi connectivity index (χ1) is 19.3. The van der Waals surface area contributed by atoms with E-state index in [0.717, 1.165) is 21.7 Å². The molecule has 2 amide bonds. The number of H-pyrrole nitrogens is 1. The summed E-state index contributed by atoms with van der Waals surface area (Å²) in [6, 6.07) is 5.63. The summed E-state index contributed by atoms with van der Waals surface area (Å²) in [5.41, 5.74) is 22.5. The number of ether oxygens (including phenoxy) is 3. The maximum atomic E-state index is 14.0. The number of thiophene rings is 1. The summed E-state index contributed by atoms with van der Waals surface area (Å²) >= 11 is 1.50. The standard InChI is InChI=1S/C25H27N9O5S/c1-37-19-9-20-17(8-16(19)14-10-29-30-11-14)22-18(12-39-20)21(31-34(22)15-2-7-40-13-15)23(35)33(25(26,27)28)4-3-32-5-6-38-24(32)36/h2,7-11,13H,3-6,12,26-28H2,1H3,(H,29,30). The fraction of sp³-hybridized carbons (Fsp3) is 0.280. The minimum Gasteiger partial charge on any atom is -0.496 e. The molecule has 2 aliphatic rings. The number of aromatic amines is 1. The zero-order chi connectivity index (χ0) is 28.0. The molecule has 0 unspecified atom stereocenters. The van der Waals surface area contributed by atoms with E-state index in [1.807, 2.05) is 22.9 Å². The Labute approximate surface area is 232 Å². The smallest absolute Gasteiger partial charge is 0.409 e. The Kier molecular flexibility index (Phi) is 6.42. The third-order valence-corrected chi connectivity index (χ3v) is 7.50. The van der Waals surface area contributed by atoms with Crippen molar-refractivity contribution in [1.29, 1.82) is 0 Å². The highest BCUT2D eigenvalue weighted by molar-refractivity contribution is 7.08. The monoisotopic (exact) mass is 565 g/mol. The minimum atomic E-state index is -2.02. The molecular weight excluding hydrogens is 538 g/mol. The Morgan fingerprint density at radius 1 is 1.27 bits per heavy atom. The number of benzene rings is 1. The van der Waals surface area contributed by atoms with Gasteiger partial charge in [0.2, 0.25) is 0 Å². The predicted molar refractivity (Wildman–Crippen MR) is 145 cm³/mol. The van der Waals surface area contributed by atoms with Crippen LogP contribution in [0.3, 0.4) is 0 Å². The number of hydrogen-bond donors (Lipinski definition) is 4. The Morgan fingerprint density at radius 2 is 2.12 bits per heavy atom. The molecule has 4 aromatic rings. The van der Waals surface area contributed by atoms with Crippen LogP contribution >= 0.6 is 11.3 Å². The molecule has 0 saturated carbocycles. The molecule has 0 bridgehead atoms. The number of aromatic nitrogens is 4. The lowest BCUT2D eigenvalue weighted by Crippen LogP contribution is -2.72. The number of methoxy groups -OCH3 is 1. The summed E-state index contributed by atoms with van der Waals surface area (Å²) in [5.74, 6) is -1.44. The van der Waals surface area contributed by atoms with E-state index in [1.165, 1.54) is 16.2 Å². The van der Waals surface area contributed by atoms with Crippen molar-refractivity contribution in [2.24, 2.45) is 17.2 Å². The van der Waals surface area contributed by atoms with E-state index in [4.69, 9.17) is 36.5 Å². The molecule has 2 aliphatic heterocycles. The van der Waals surface area contributed by atoms with Gasteiger partial charge in [-0.15, -0.1) is 0 Å². The molecule has 0 aliphatic carbocycles. The Morgan fingerprint density at radius 3 is 2.77 bits per heavy atom. The van der Waals surface area contributed by atoms with Gasteiger partial charge in [0, 0.05) is 53.0 Å². The van der Waals surface area contributed by atoms with Crippen molar-refractivity contribution < 1.29 is 23.8 Å². The SMILES string of the molecule is COc1cc2c(cc1-c1cn[nH]c1)-c1c(c(C(=O)N(CCN3CCOC3=O)C(N)(N)N)nn1-c1ccsc1)CO2. The number of nitrogens with zero attached hydrogens (tertiary/aromatic N) is 5. The average molecular weight is 566 g/mol. The maximum Gasteiger partial charge on any atom is 0.409 e. The topological polar surface area (TPSA) is 193 Å². The number of rotatable bonds is 8. The third kappa shape index (κ3) is 4.44. The number of carbonyl (C=O) groups excluding carboxylic acids is 2. The lowest BCUT2D eigenvalue weighted by Gasteiger charge is -2.35. The van der Waals surface area contributed by atoms with Gasteiger partial charge in [0.1, 0.15) is 24.7 Å². The van der Waals surface area contributed by atoms with E-state index in [-0.39, 0.29) is 32.0 Å². The summed E-state index contributed by atoms with van der Waals surface area (Å²) in [6.45, 7) is 0.825. The second-order valence-corrected chi connectivity index (χ2v) is 10.1. The highest BCUT2D eigenvalue weighted by Crippen LogP contribution is 2.46. The second kappa shape index (κ2) is 9.95. The molecule has 1 aromatic carbocycles. The predicted octanol–water partition coefficient (Wildman–Crippen LogP) is 1.27. The molecule has 0 radical (unpaired) electrons. The van der Waals surface area contributed by atoms with Gasteiger partial charge in [0.05, 0.1) is 31.2 Å². The fourth-order valence-electron chi connectivity index (χ4n) is 4.86. The normalized spacial score (nSPS) is 14.4. The zero-order valence-corrected chi connectivity index (χ0v) is 22.3. The minimum absolute atomic E-state index is 0.0310. The van der Waals surface area contributed by atoms with Crippen LogP contribution in [0.2, 0.25) is 0 Å². The van der Waals surface area contributed by atoms with Crippen LogP contribution in [0, 0.1) is 0 Å². The van der Waals surface area contributed by atoms with Crippen LogP contribution in [0.1, 0.15) is 16.1 Å². The number of amides is 2. The lowest BCUT2D eigenvalue weighted by atomic mass is 9.97. The van der Waals surface area contributed by atoms with E-state index in [0.29, 0.717) is 34.9 Å². The fourth-order valence-corrected chi connectivity index (χ4v) is 5.47. The van der Waals surface area contributed by atoms with Crippen LogP contribution in [0.25, 0.3) is 28.1 Å². The van der Waals surface area contributed by atoms with Gasteiger partial charge >= 0.3 is 6.09 Å². The van der Waals surface area contributed by atoms with E-state index in [1.54, 1.807) is 30.3 Å². The van der Waals surface area contributed by atoms with E-state index in [2.05, 4.69) is 10.2 Å². The Balaban J connectivity index is 1.46. The lowest BCUT2D eigenvalue weighted by molar-refractivity contribution is 0.0474. The van der Waals surface area contributed by atoms with Crippen LogP contribution in [-0.2, 0) is 11.3 Å². The van der Waals surface area contributed by atoms with Crippen molar-refractivity contribution >= 4 is 23.3 Å². The van der Waals surface area contributed by atoms with Gasteiger partial charge in [-0.3, -0.25) is 32.0 Å². The van der Waals surface area contributed by atoms with Crippen molar-refractivity contribution in [1.82, 2.24) is 29.8 Å². The van der Waals surface area contributed by atoms with Crippen molar-refractivity contribution in [3.05, 3.63) is 52.6 Å². The molecule has 14 nitrogen and oxygen atoms in total. The van der Waals surface area contributed by atoms with Crippen LogP contribution < -0.4 is 26.7 Å². The van der Waals surface area contributed by atoms with Gasteiger partial charge in [-0.05, 0) is 17.5 Å². The van der Waals surface area contributed by atoms with Crippen LogP contribution in [0.4, 0.5) is 4.79 Å². The molecule has 1 fully saturated rings. The van der Waals surface area contributed by atoms with Crippen molar-refractivity contribution in [2.75, 3.05) is 33.4 Å². The van der Waals surface area contributed by atoms with Crippen LogP contribution in [-0.4, -0.2) is 81.0 Å². The molecule has 0 spiro atoms. The van der Waals surface area contributed by atoms with Crippen LogP contribution in [0.5, 0.6) is 11.5 Å². The largest absolute Gasteiger partial charge is 0.496 e. The quantitative estimate of drug-likeness (QED) is 0.226. The molecule has 1 saturated heterocycles. The van der Waals surface area contributed by atoms with Crippen molar-refractivity contribution in [3.63, 3.8) is 0 Å². The molecule has 3 aromatic heterocycles. The van der Waals surface area contributed by atoms with E-state index < -0.39 is 17.9 Å². The molecule has 0 atom stereocenters. The second-order valence-electron chi connectivity index (χ2n) is 9.34. The molecule has 40 heavy (non-hydrogen) atoms. The summed E-state index contributed by atoms with van der Waals surface area (Å²) in [7, 11) is 1.58. The van der Waals surface area contributed by atoms with Gasteiger partial charge in [-0.1, -0.05) is 0 Å². The highest BCUT2D eigenvalue weighted by atomic mass is 32.1. The number of hydrogen-bond acceptors (Lipinski definition) is 11. The summed E-state index contributed by atoms with van der Waals surface area (Å²) in [6.07, 6.45) is 2.98. The summed E-state index contributed by atoms with van der Waals surface area (Å²) in [4.78, 5) is 28.5. The first kappa shape index (κ1) is 25.8. The molecular formula is C25H27N9O5S. The van der Waals surface area contributed by atoms with Gasteiger partial charge in [0.25, 0.3) is 5.91 Å². The van der Waals surface area contributed by atoms with Gasteiger partial charge in [-0.2, -0.15) is 21.5 Å². The maximum absolute atomic E-state index is 14.0. The van der Waals surface area contributed by atoms with Gasteiger partial charge < -0.3 is 19.1 Å². The van der Waals surface area contributed by atoms with E-state index >= 15 is 0 Å². The Bertz CT molecular complexity index is 1560. The highest BCUT2D eigenvalue weighted by Gasteiger charge is 2.37. The molecule has 7 N–H and O–H groups in total. The molecule has 15 heteroatoms. The molecule has 6 rings (SSSR count). The number of nitrogens with two attached hydrogens (primary N) is 3. The van der Waals surface area contributed by atoms with Crippen LogP contribution in [0.15, 0.2) is 41.4 Å². The first-order valence-electron chi connectivity index (χ1n) is 12.4. The van der Waals surface area contributed by atoms with Gasteiger partial charge in [-0.25, -0.2) is 9.48 Å². The van der Waals surface area contributed by atoms with Gasteiger partial charge in [0.15, 0.2) is 11.6 Å². The molecule has 208 valence electrons. The number of nitrogens with one attached hydrogen (secondary N) is 1. The first-order valence-corrected chi connectivity index (χ1v) is 13.3. The number of cyclic esters (lactones) is 1. The zero-order valence-electron chi connectivity index (χ0n) is 21.5. The summed E-state index contributed by atoms with van der Waals surface area (Å²) < 4.78 is 18.4.